The van der Waals surface area contributed by atoms with E-state index in [9.17, 15) is 9.59 Å². The number of esters is 1. The first-order valence-corrected chi connectivity index (χ1v) is 10.4. The van der Waals surface area contributed by atoms with Crippen LogP contribution in [0.4, 0.5) is 10.5 Å². The largest absolute Gasteiger partial charge is 0.462 e. The fraction of sp³-hybridized carbons (Fsp3) is 0.304. The Morgan fingerprint density at radius 3 is 2.48 bits per heavy atom. The van der Waals surface area contributed by atoms with Gasteiger partial charge in [0.2, 0.25) is 11.7 Å². The SMILES string of the molecule is CCOC(=O)c1ccc(NC(=O)N2CCC(c3nc(-c4ccccc4)no3)CC2)cc1. The van der Waals surface area contributed by atoms with E-state index in [1.54, 1.807) is 36.1 Å². The number of nitrogens with one attached hydrogen (secondary N) is 1. The van der Waals surface area contributed by atoms with E-state index in [4.69, 9.17) is 9.26 Å². The third kappa shape index (κ3) is 4.91. The van der Waals surface area contributed by atoms with E-state index in [-0.39, 0.29) is 17.9 Å². The predicted octanol–water partition coefficient (Wildman–Crippen LogP) is 4.32. The molecule has 1 saturated heterocycles. The molecule has 1 aliphatic rings. The van der Waals surface area contributed by atoms with Crippen LogP contribution in [0.15, 0.2) is 59.1 Å². The highest BCUT2D eigenvalue weighted by atomic mass is 16.5. The highest BCUT2D eigenvalue weighted by Gasteiger charge is 2.27. The van der Waals surface area contributed by atoms with Crippen LogP contribution < -0.4 is 5.32 Å². The normalized spacial score (nSPS) is 14.3. The van der Waals surface area contributed by atoms with Crippen LogP contribution in [-0.4, -0.2) is 46.7 Å². The minimum Gasteiger partial charge on any atom is -0.462 e. The molecule has 2 heterocycles. The van der Waals surface area contributed by atoms with Crippen LogP contribution in [0.25, 0.3) is 11.4 Å². The first-order valence-electron chi connectivity index (χ1n) is 10.4. The van der Waals surface area contributed by atoms with Gasteiger partial charge in [0, 0.05) is 30.3 Å². The van der Waals surface area contributed by atoms with E-state index in [2.05, 4.69) is 15.5 Å². The molecule has 1 fully saturated rings. The topological polar surface area (TPSA) is 97.6 Å². The van der Waals surface area contributed by atoms with Crippen molar-refractivity contribution in [3.05, 3.63) is 66.1 Å². The molecule has 0 radical (unpaired) electrons. The Bertz CT molecular complexity index is 1030. The molecule has 8 nitrogen and oxygen atoms in total. The summed E-state index contributed by atoms with van der Waals surface area (Å²) < 4.78 is 10.4. The molecule has 160 valence electrons. The van der Waals surface area contributed by atoms with Crippen LogP contribution in [0.3, 0.4) is 0 Å². The van der Waals surface area contributed by atoms with Crippen molar-refractivity contribution in [2.24, 2.45) is 0 Å². The second kappa shape index (κ2) is 9.42. The van der Waals surface area contributed by atoms with Crippen LogP contribution in [0.5, 0.6) is 0 Å². The summed E-state index contributed by atoms with van der Waals surface area (Å²) in [5.41, 5.74) is 2.00. The predicted molar refractivity (Wildman–Crippen MR) is 115 cm³/mol. The third-order valence-electron chi connectivity index (χ3n) is 5.25. The number of rotatable bonds is 5. The summed E-state index contributed by atoms with van der Waals surface area (Å²) in [6, 6.07) is 16.2. The van der Waals surface area contributed by atoms with Crippen molar-refractivity contribution in [2.45, 2.75) is 25.7 Å². The van der Waals surface area contributed by atoms with Gasteiger partial charge in [-0.15, -0.1) is 0 Å². The van der Waals surface area contributed by atoms with Crippen LogP contribution in [0.1, 0.15) is 41.9 Å². The van der Waals surface area contributed by atoms with Crippen molar-refractivity contribution in [2.75, 3.05) is 25.0 Å². The van der Waals surface area contributed by atoms with Crippen molar-refractivity contribution in [3.63, 3.8) is 0 Å². The van der Waals surface area contributed by atoms with Gasteiger partial charge in [-0.05, 0) is 44.0 Å². The van der Waals surface area contributed by atoms with Gasteiger partial charge < -0.3 is 19.5 Å². The summed E-state index contributed by atoms with van der Waals surface area (Å²) in [6.45, 7) is 3.28. The second-order valence-corrected chi connectivity index (χ2v) is 7.31. The molecular formula is C23H24N4O4. The molecule has 2 aromatic carbocycles. The molecule has 0 saturated carbocycles. The minimum absolute atomic E-state index is 0.137. The van der Waals surface area contributed by atoms with Crippen molar-refractivity contribution in [1.82, 2.24) is 15.0 Å². The lowest BCUT2D eigenvalue weighted by Crippen LogP contribution is -2.40. The standard InChI is InChI=1S/C23H24N4O4/c1-2-30-22(28)18-8-10-19(11-9-18)24-23(29)27-14-12-17(13-15-27)21-25-20(26-31-21)16-6-4-3-5-7-16/h3-11,17H,2,12-15H2,1H3,(H,24,29). The quantitative estimate of drug-likeness (QED) is 0.617. The molecule has 0 bridgehead atoms. The Balaban J connectivity index is 1.30. The number of piperidine rings is 1. The van der Waals surface area contributed by atoms with E-state index in [1.807, 2.05) is 30.3 Å². The number of urea groups is 1. The van der Waals surface area contributed by atoms with E-state index >= 15 is 0 Å². The average Bonchev–Trinajstić information content (AvgIpc) is 3.31. The molecule has 2 amide bonds. The highest BCUT2D eigenvalue weighted by Crippen LogP contribution is 2.28. The van der Waals surface area contributed by atoms with Gasteiger partial charge >= 0.3 is 12.0 Å². The van der Waals surface area contributed by atoms with E-state index < -0.39 is 0 Å². The zero-order valence-electron chi connectivity index (χ0n) is 17.3. The molecular weight excluding hydrogens is 396 g/mol. The molecule has 3 aromatic rings. The molecule has 8 heteroatoms. The molecule has 4 rings (SSSR count). The average molecular weight is 420 g/mol. The maximum absolute atomic E-state index is 12.6. The first-order chi connectivity index (χ1) is 15.1. The summed E-state index contributed by atoms with van der Waals surface area (Å²) in [7, 11) is 0. The molecule has 0 aliphatic carbocycles. The van der Waals surface area contributed by atoms with Gasteiger partial charge in [0.25, 0.3) is 0 Å². The van der Waals surface area contributed by atoms with Crippen molar-refractivity contribution < 1.29 is 18.8 Å². The summed E-state index contributed by atoms with van der Waals surface area (Å²) >= 11 is 0. The van der Waals surface area contributed by atoms with Gasteiger partial charge in [-0.2, -0.15) is 4.98 Å². The minimum atomic E-state index is -0.376. The van der Waals surface area contributed by atoms with Gasteiger partial charge in [-0.25, -0.2) is 9.59 Å². The Morgan fingerprint density at radius 1 is 1.10 bits per heavy atom. The Labute approximate surface area is 180 Å². The molecule has 0 unspecified atom stereocenters. The molecule has 0 spiro atoms. The van der Waals surface area contributed by atoms with Crippen molar-refractivity contribution >= 4 is 17.7 Å². The van der Waals surface area contributed by atoms with Gasteiger partial charge in [-0.1, -0.05) is 35.5 Å². The number of aromatic nitrogens is 2. The summed E-state index contributed by atoms with van der Waals surface area (Å²) in [6.07, 6.45) is 1.51. The number of amides is 2. The summed E-state index contributed by atoms with van der Waals surface area (Å²) in [5, 5.41) is 6.96. The summed E-state index contributed by atoms with van der Waals surface area (Å²) in [5.74, 6) is 0.965. The lowest BCUT2D eigenvalue weighted by atomic mass is 9.97. The van der Waals surface area contributed by atoms with E-state index in [0.717, 1.165) is 18.4 Å². The first kappa shape index (κ1) is 20.6. The molecule has 0 atom stereocenters. The van der Waals surface area contributed by atoms with Gasteiger partial charge in [0.15, 0.2) is 0 Å². The number of hydrogen-bond donors (Lipinski definition) is 1. The third-order valence-corrected chi connectivity index (χ3v) is 5.25. The van der Waals surface area contributed by atoms with Crippen LogP contribution in [0.2, 0.25) is 0 Å². The Hall–Kier alpha value is -3.68. The van der Waals surface area contributed by atoms with Crippen molar-refractivity contribution in [3.8, 4) is 11.4 Å². The van der Waals surface area contributed by atoms with Crippen LogP contribution >= 0.6 is 0 Å². The number of nitrogens with zero attached hydrogens (tertiary/aromatic N) is 3. The van der Waals surface area contributed by atoms with Crippen molar-refractivity contribution in [1.29, 1.82) is 0 Å². The smallest absolute Gasteiger partial charge is 0.338 e. The maximum Gasteiger partial charge on any atom is 0.338 e. The van der Waals surface area contributed by atoms with E-state index in [0.29, 0.717) is 42.7 Å². The zero-order chi connectivity index (χ0) is 21.6. The molecule has 1 aromatic heterocycles. The van der Waals surface area contributed by atoms with Gasteiger partial charge in [0.1, 0.15) is 0 Å². The van der Waals surface area contributed by atoms with Crippen LogP contribution in [-0.2, 0) is 4.74 Å². The number of carbonyl (C=O) groups excluding carboxylic acids is 2. The maximum atomic E-state index is 12.6. The number of ether oxygens (including phenoxy) is 1. The fourth-order valence-electron chi connectivity index (χ4n) is 3.54. The number of anilines is 1. The monoisotopic (exact) mass is 420 g/mol. The Morgan fingerprint density at radius 2 is 1.81 bits per heavy atom. The van der Waals surface area contributed by atoms with Gasteiger partial charge in [-0.3, -0.25) is 0 Å². The van der Waals surface area contributed by atoms with Gasteiger partial charge in [0.05, 0.1) is 12.2 Å². The van der Waals surface area contributed by atoms with Crippen LogP contribution in [0, 0.1) is 0 Å². The molecule has 1 aliphatic heterocycles. The lowest BCUT2D eigenvalue weighted by Gasteiger charge is -2.30. The number of likely N-dealkylation sites (tertiary alicyclic amines) is 1. The molecule has 1 N–H and O–H groups in total. The fourth-order valence-corrected chi connectivity index (χ4v) is 3.54. The second-order valence-electron chi connectivity index (χ2n) is 7.31. The highest BCUT2D eigenvalue weighted by molar-refractivity contribution is 5.92. The summed E-state index contributed by atoms with van der Waals surface area (Å²) in [4.78, 5) is 30.6. The lowest BCUT2D eigenvalue weighted by molar-refractivity contribution is 0.0526. The van der Waals surface area contributed by atoms with E-state index in [1.165, 1.54) is 0 Å². The number of carbonyl (C=O) groups is 2. The zero-order valence-corrected chi connectivity index (χ0v) is 17.3. The Kier molecular flexibility index (Phi) is 6.26. The molecule has 31 heavy (non-hydrogen) atoms. The number of hydrogen-bond acceptors (Lipinski definition) is 6. The number of benzene rings is 2.